The quantitative estimate of drug-likeness (QED) is 0.725. The minimum Gasteiger partial charge on any atom is -0.297 e. The Balaban J connectivity index is 2.01. The Morgan fingerprint density at radius 3 is 2.10 bits per heavy atom. The van der Waals surface area contributed by atoms with Crippen LogP contribution in [0.3, 0.4) is 0 Å². The van der Waals surface area contributed by atoms with Crippen LogP contribution < -0.4 is 0 Å². The third-order valence-corrected chi connectivity index (χ3v) is 5.12. The molecule has 0 radical (unpaired) electrons. The van der Waals surface area contributed by atoms with Crippen LogP contribution in [0.2, 0.25) is 0 Å². The van der Waals surface area contributed by atoms with E-state index >= 15 is 0 Å². The fourth-order valence-corrected chi connectivity index (χ4v) is 3.36. The van der Waals surface area contributed by atoms with E-state index in [1.807, 2.05) is 0 Å². The number of piperidine rings is 1. The van der Waals surface area contributed by atoms with Crippen molar-refractivity contribution in [2.75, 3.05) is 13.1 Å². The molecule has 112 valence electrons. The van der Waals surface area contributed by atoms with Gasteiger partial charge < -0.3 is 0 Å². The molecule has 1 nitrogen and oxygen atoms in total. The van der Waals surface area contributed by atoms with Crippen molar-refractivity contribution in [2.24, 2.45) is 11.8 Å². The molecule has 1 aliphatic rings. The molecule has 1 saturated heterocycles. The first kappa shape index (κ1) is 15.6. The van der Waals surface area contributed by atoms with Gasteiger partial charge in [-0.3, -0.25) is 4.90 Å². The highest BCUT2D eigenvalue weighted by atomic mass is 15.2. The van der Waals surface area contributed by atoms with Gasteiger partial charge in [-0.2, -0.15) is 0 Å². The Morgan fingerprint density at radius 1 is 0.950 bits per heavy atom. The molecule has 0 amide bonds. The van der Waals surface area contributed by atoms with Gasteiger partial charge in [0.2, 0.25) is 0 Å². The summed E-state index contributed by atoms with van der Waals surface area (Å²) in [7, 11) is 0. The molecule has 0 aliphatic carbocycles. The summed E-state index contributed by atoms with van der Waals surface area (Å²) in [5, 5.41) is 0. The molecule has 0 saturated carbocycles. The first-order valence-electron chi connectivity index (χ1n) is 8.33. The van der Waals surface area contributed by atoms with E-state index in [4.69, 9.17) is 0 Å². The third-order valence-electron chi connectivity index (χ3n) is 5.12. The zero-order valence-corrected chi connectivity index (χ0v) is 13.9. The molecule has 2 rings (SSSR count). The molecule has 0 N–H and O–H groups in total. The Hall–Kier alpha value is -0.820. The van der Waals surface area contributed by atoms with Crippen LogP contribution in [0.4, 0.5) is 0 Å². The fraction of sp³-hybridized carbons (Fsp3) is 0.684. The molecule has 1 atom stereocenters. The molecular weight excluding hydrogens is 242 g/mol. The molecule has 20 heavy (non-hydrogen) atoms. The van der Waals surface area contributed by atoms with Gasteiger partial charge in [0, 0.05) is 6.04 Å². The van der Waals surface area contributed by atoms with E-state index < -0.39 is 0 Å². The maximum Gasteiger partial charge on any atom is 0.0319 e. The van der Waals surface area contributed by atoms with E-state index in [0.717, 1.165) is 11.8 Å². The summed E-state index contributed by atoms with van der Waals surface area (Å²) >= 11 is 0. The Morgan fingerprint density at radius 2 is 1.55 bits per heavy atom. The van der Waals surface area contributed by atoms with Crippen LogP contribution in [-0.2, 0) is 0 Å². The number of hydrogen-bond donors (Lipinski definition) is 0. The number of hydrogen-bond acceptors (Lipinski definition) is 1. The van der Waals surface area contributed by atoms with Gasteiger partial charge in [0.25, 0.3) is 0 Å². The lowest BCUT2D eigenvalue weighted by molar-refractivity contribution is 0.122. The third kappa shape index (κ3) is 3.63. The zero-order valence-electron chi connectivity index (χ0n) is 13.9. The lowest BCUT2D eigenvalue weighted by Crippen LogP contribution is -2.37. The SMILES string of the molecule is CC(C)c1cccc([C@H](C)N2CCC(C(C)C)CC2)c1. The summed E-state index contributed by atoms with van der Waals surface area (Å²) in [5.74, 6) is 2.39. The second-order valence-electron chi connectivity index (χ2n) is 7.12. The topological polar surface area (TPSA) is 3.24 Å². The van der Waals surface area contributed by atoms with Crippen molar-refractivity contribution < 1.29 is 0 Å². The molecule has 1 heteroatoms. The van der Waals surface area contributed by atoms with Crippen LogP contribution in [0.1, 0.15) is 70.5 Å². The van der Waals surface area contributed by atoms with Crippen LogP contribution in [0, 0.1) is 11.8 Å². The van der Waals surface area contributed by atoms with Crippen LogP contribution >= 0.6 is 0 Å². The van der Waals surface area contributed by atoms with E-state index in [2.05, 4.69) is 63.8 Å². The predicted molar refractivity (Wildman–Crippen MR) is 88.1 cm³/mol. The molecule has 1 aromatic rings. The van der Waals surface area contributed by atoms with Gasteiger partial charge in [-0.25, -0.2) is 0 Å². The van der Waals surface area contributed by atoms with Crippen LogP contribution in [0.25, 0.3) is 0 Å². The second-order valence-corrected chi connectivity index (χ2v) is 7.12. The average Bonchev–Trinajstić information content (AvgIpc) is 2.46. The standard InChI is InChI=1S/C19H31N/c1-14(2)17-9-11-20(12-10-17)16(5)19-8-6-7-18(13-19)15(3)4/h6-8,13-17H,9-12H2,1-5H3/t16-/m0/s1. The summed E-state index contributed by atoms with van der Waals surface area (Å²) in [5.41, 5.74) is 2.95. The summed E-state index contributed by atoms with van der Waals surface area (Å²) in [6.07, 6.45) is 2.73. The van der Waals surface area contributed by atoms with E-state index in [9.17, 15) is 0 Å². The van der Waals surface area contributed by atoms with Crippen molar-refractivity contribution in [3.63, 3.8) is 0 Å². The predicted octanol–water partition coefficient (Wildman–Crippen LogP) is 5.24. The Kier molecular flexibility index (Phi) is 5.26. The van der Waals surface area contributed by atoms with Crippen molar-refractivity contribution in [3.8, 4) is 0 Å². The monoisotopic (exact) mass is 273 g/mol. The smallest absolute Gasteiger partial charge is 0.0319 e. The first-order chi connectivity index (χ1) is 9.49. The summed E-state index contributed by atoms with van der Waals surface area (Å²) in [6.45, 7) is 14.2. The highest BCUT2D eigenvalue weighted by molar-refractivity contribution is 5.27. The van der Waals surface area contributed by atoms with Crippen LogP contribution in [-0.4, -0.2) is 18.0 Å². The van der Waals surface area contributed by atoms with Gasteiger partial charge in [-0.05, 0) is 61.7 Å². The molecule has 1 aromatic carbocycles. The fourth-order valence-electron chi connectivity index (χ4n) is 3.36. The number of benzene rings is 1. The number of likely N-dealkylation sites (tertiary alicyclic amines) is 1. The maximum atomic E-state index is 2.66. The highest BCUT2D eigenvalue weighted by Crippen LogP contribution is 2.30. The summed E-state index contributed by atoms with van der Waals surface area (Å²) < 4.78 is 0. The molecule has 0 spiro atoms. The second kappa shape index (κ2) is 6.76. The molecule has 1 fully saturated rings. The minimum absolute atomic E-state index is 0.557. The normalized spacial score (nSPS) is 19.8. The average molecular weight is 273 g/mol. The van der Waals surface area contributed by atoms with E-state index in [1.165, 1.54) is 37.1 Å². The van der Waals surface area contributed by atoms with Gasteiger partial charge in [0.15, 0.2) is 0 Å². The minimum atomic E-state index is 0.557. The van der Waals surface area contributed by atoms with E-state index in [1.54, 1.807) is 0 Å². The number of rotatable bonds is 4. The molecule has 1 aliphatic heterocycles. The van der Waals surface area contributed by atoms with Gasteiger partial charge in [0.1, 0.15) is 0 Å². The van der Waals surface area contributed by atoms with E-state index in [-0.39, 0.29) is 0 Å². The van der Waals surface area contributed by atoms with E-state index in [0.29, 0.717) is 12.0 Å². The lowest BCUT2D eigenvalue weighted by Gasteiger charge is -2.37. The van der Waals surface area contributed by atoms with Crippen molar-refractivity contribution >= 4 is 0 Å². The Bertz CT molecular complexity index is 414. The van der Waals surface area contributed by atoms with Crippen molar-refractivity contribution in [2.45, 2.75) is 59.4 Å². The van der Waals surface area contributed by atoms with Gasteiger partial charge >= 0.3 is 0 Å². The van der Waals surface area contributed by atoms with Crippen LogP contribution in [0.15, 0.2) is 24.3 Å². The van der Waals surface area contributed by atoms with Gasteiger partial charge in [-0.15, -0.1) is 0 Å². The van der Waals surface area contributed by atoms with Crippen molar-refractivity contribution in [1.29, 1.82) is 0 Å². The molecule has 0 unspecified atom stereocenters. The molecule has 0 aromatic heterocycles. The molecular formula is C19H31N. The summed E-state index contributed by atoms with van der Waals surface area (Å²) in [4.78, 5) is 2.66. The van der Waals surface area contributed by atoms with Crippen LogP contribution in [0.5, 0.6) is 0 Å². The van der Waals surface area contributed by atoms with Crippen molar-refractivity contribution in [3.05, 3.63) is 35.4 Å². The Labute approximate surface area is 125 Å². The highest BCUT2D eigenvalue weighted by Gasteiger charge is 2.25. The van der Waals surface area contributed by atoms with Gasteiger partial charge in [-0.1, -0.05) is 52.0 Å². The molecule has 0 bridgehead atoms. The first-order valence-corrected chi connectivity index (χ1v) is 8.33. The largest absolute Gasteiger partial charge is 0.297 e. The van der Waals surface area contributed by atoms with Gasteiger partial charge in [0.05, 0.1) is 0 Å². The lowest BCUT2D eigenvalue weighted by atomic mass is 9.86. The zero-order chi connectivity index (χ0) is 14.7. The maximum absolute atomic E-state index is 2.66. The summed E-state index contributed by atoms with van der Waals surface area (Å²) in [6, 6.07) is 9.74. The molecule has 1 heterocycles. The number of nitrogens with zero attached hydrogens (tertiary/aromatic N) is 1. The van der Waals surface area contributed by atoms with Crippen molar-refractivity contribution in [1.82, 2.24) is 4.90 Å².